The molecular formula is C9H9NO2S. The van der Waals surface area contributed by atoms with E-state index in [-0.39, 0.29) is 5.75 Å². The van der Waals surface area contributed by atoms with E-state index in [9.17, 15) is 4.21 Å². The Hall–Kier alpha value is -1.18. The zero-order valence-electron chi connectivity index (χ0n) is 6.93. The van der Waals surface area contributed by atoms with E-state index in [1.54, 1.807) is 24.3 Å². The summed E-state index contributed by atoms with van der Waals surface area (Å²) in [4.78, 5) is 0. The highest BCUT2D eigenvalue weighted by molar-refractivity contribution is 7.79. The first-order valence-electron chi connectivity index (χ1n) is 3.79. The highest BCUT2D eigenvalue weighted by atomic mass is 32.2. The van der Waals surface area contributed by atoms with Crippen LogP contribution in [-0.4, -0.2) is 14.5 Å². The number of rotatable bonds is 3. The minimum absolute atomic E-state index is 0.242. The summed E-state index contributed by atoms with van der Waals surface area (Å²) in [6, 6.07) is 9.01. The first-order chi connectivity index (χ1) is 6.22. The average Bonchev–Trinajstić information content (AvgIpc) is 2.15. The number of aryl methyl sites for hydroxylation is 1. The van der Waals surface area contributed by atoms with Gasteiger partial charge in [0, 0.05) is 0 Å². The molecule has 0 aromatic heterocycles. The smallest absolute Gasteiger partial charge is 0.153 e. The van der Waals surface area contributed by atoms with Crippen LogP contribution in [0.3, 0.4) is 0 Å². The first kappa shape index (κ1) is 9.90. The molecule has 0 saturated carbocycles. The van der Waals surface area contributed by atoms with Gasteiger partial charge in [0.2, 0.25) is 0 Å². The Morgan fingerprint density at radius 3 is 2.46 bits per heavy atom. The summed E-state index contributed by atoms with van der Waals surface area (Å²) in [6.45, 7) is 0. The van der Waals surface area contributed by atoms with Gasteiger partial charge in [-0.15, -0.1) is 0 Å². The number of nitriles is 1. The predicted molar refractivity (Wildman–Crippen MR) is 50.5 cm³/mol. The molecule has 1 aromatic carbocycles. The van der Waals surface area contributed by atoms with E-state index >= 15 is 0 Å². The van der Waals surface area contributed by atoms with E-state index in [1.807, 2.05) is 6.07 Å². The highest BCUT2D eigenvalue weighted by Crippen LogP contribution is 2.04. The van der Waals surface area contributed by atoms with E-state index in [0.717, 1.165) is 5.56 Å². The summed E-state index contributed by atoms with van der Waals surface area (Å²) < 4.78 is 18.9. The summed E-state index contributed by atoms with van der Waals surface area (Å²) in [5.41, 5.74) is 1.58. The van der Waals surface area contributed by atoms with Gasteiger partial charge < -0.3 is 4.55 Å². The lowest BCUT2D eigenvalue weighted by atomic mass is 10.1. The van der Waals surface area contributed by atoms with E-state index in [4.69, 9.17) is 9.81 Å². The second-order valence-electron chi connectivity index (χ2n) is 2.58. The van der Waals surface area contributed by atoms with Crippen LogP contribution >= 0.6 is 0 Å². The highest BCUT2D eigenvalue weighted by Gasteiger charge is 1.96. The maximum atomic E-state index is 10.4. The molecule has 0 bridgehead atoms. The molecule has 1 rings (SSSR count). The Balaban J connectivity index is 2.60. The van der Waals surface area contributed by atoms with Crippen LogP contribution in [0.15, 0.2) is 24.3 Å². The molecule has 0 heterocycles. The fraction of sp³-hybridized carbons (Fsp3) is 0.222. The minimum Gasteiger partial charge on any atom is -0.306 e. The molecule has 0 amide bonds. The van der Waals surface area contributed by atoms with Crippen molar-refractivity contribution in [2.24, 2.45) is 0 Å². The van der Waals surface area contributed by atoms with Crippen LogP contribution in [0.25, 0.3) is 0 Å². The van der Waals surface area contributed by atoms with Crippen LogP contribution in [-0.2, 0) is 17.5 Å². The Morgan fingerprint density at radius 1 is 1.38 bits per heavy atom. The molecule has 1 N–H and O–H groups in total. The van der Waals surface area contributed by atoms with E-state index in [2.05, 4.69) is 0 Å². The van der Waals surface area contributed by atoms with Gasteiger partial charge in [0.15, 0.2) is 11.1 Å². The lowest BCUT2D eigenvalue weighted by Crippen LogP contribution is -1.98. The SMILES string of the molecule is N#Cc1ccc(CCS(=O)O)cc1. The van der Waals surface area contributed by atoms with Crippen molar-refractivity contribution in [3.63, 3.8) is 0 Å². The summed E-state index contributed by atoms with van der Waals surface area (Å²) >= 11 is -1.74. The molecule has 3 nitrogen and oxygen atoms in total. The quantitative estimate of drug-likeness (QED) is 0.740. The standard InChI is InChI=1S/C9H9NO2S/c10-7-9-3-1-8(2-4-9)5-6-13(11)12/h1-4H,5-6H2,(H,11,12). The first-order valence-corrected chi connectivity index (χ1v) is 5.06. The van der Waals surface area contributed by atoms with Gasteiger partial charge in [-0.25, -0.2) is 4.21 Å². The summed E-state index contributed by atoms with van der Waals surface area (Å²) in [6.07, 6.45) is 0.564. The molecular weight excluding hydrogens is 186 g/mol. The normalized spacial score (nSPS) is 12.0. The monoisotopic (exact) mass is 195 g/mol. The van der Waals surface area contributed by atoms with Crippen LogP contribution in [0.1, 0.15) is 11.1 Å². The van der Waals surface area contributed by atoms with Crippen molar-refractivity contribution in [1.82, 2.24) is 0 Å². The van der Waals surface area contributed by atoms with Crippen molar-refractivity contribution in [3.8, 4) is 6.07 Å². The third-order valence-corrected chi connectivity index (χ3v) is 2.20. The number of hydrogen-bond donors (Lipinski definition) is 1. The van der Waals surface area contributed by atoms with Crippen molar-refractivity contribution in [2.75, 3.05) is 5.75 Å². The summed E-state index contributed by atoms with van der Waals surface area (Å²) in [5.74, 6) is 0.242. The van der Waals surface area contributed by atoms with Gasteiger partial charge in [-0.1, -0.05) is 12.1 Å². The molecule has 0 fully saturated rings. The Bertz CT molecular complexity index is 340. The maximum absolute atomic E-state index is 10.4. The van der Waals surface area contributed by atoms with Crippen LogP contribution in [0.4, 0.5) is 0 Å². The Morgan fingerprint density at radius 2 is 2.00 bits per heavy atom. The second-order valence-corrected chi connectivity index (χ2v) is 3.64. The van der Waals surface area contributed by atoms with E-state index in [1.165, 1.54) is 0 Å². The average molecular weight is 195 g/mol. The van der Waals surface area contributed by atoms with Crippen molar-refractivity contribution >= 4 is 11.1 Å². The Labute approximate surface area is 79.3 Å². The minimum atomic E-state index is -1.74. The van der Waals surface area contributed by atoms with Gasteiger partial charge >= 0.3 is 0 Å². The summed E-state index contributed by atoms with van der Waals surface area (Å²) in [5, 5.41) is 8.51. The fourth-order valence-electron chi connectivity index (χ4n) is 0.951. The largest absolute Gasteiger partial charge is 0.306 e. The van der Waals surface area contributed by atoms with Crippen LogP contribution in [0.2, 0.25) is 0 Å². The second kappa shape index (κ2) is 4.75. The van der Waals surface area contributed by atoms with Crippen LogP contribution < -0.4 is 0 Å². The third kappa shape index (κ3) is 3.36. The van der Waals surface area contributed by atoms with Crippen molar-refractivity contribution in [1.29, 1.82) is 5.26 Å². The van der Waals surface area contributed by atoms with E-state index < -0.39 is 11.1 Å². The topological polar surface area (TPSA) is 61.1 Å². The Kier molecular flexibility index (Phi) is 3.62. The molecule has 0 aliphatic carbocycles. The lowest BCUT2D eigenvalue weighted by molar-refractivity contribution is 0.563. The number of nitrogens with zero attached hydrogens (tertiary/aromatic N) is 1. The van der Waals surface area contributed by atoms with Gasteiger partial charge in [-0.3, -0.25) is 0 Å². The third-order valence-electron chi connectivity index (χ3n) is 1.65. The molecule has 1 atom stereocenters. The van der Waals surface area contributed by atoms with Crippen LogP contribution in [0, 0.1) is 11.3 Å². The maximum Gasteiger partial charge on any atom is 0.153 e. The molecule has 1 aromatic rings. The summed E-state index contributed by atoms with van der Waals surface area (Å²) in [7, 11) is 0. The van der Waals surface area contributed by atoms with Crippen molar-refractivity contribution in [3.05, 3.63) is 35.4 Å². The fourth-order valence-corrected chi connectivity index (χ4v) is 1.36. The molecule has 0 aliphatic heterocycles. The van der Waals surface area contributed by atoms with Crippen molar-refractivity contribution in [2.45, 2.75) is 6.42 Å². The number of benzene rings is 1. The predicted octanol–water partition coefficient (Wildman–Crippen LogP) is 1.32. The zero-order chi connectivity index (χ0) is 9.68. The van der Waals surface area contributed by atoms with Gasteiger partial charge in [-0.05, 0) is 24.1 Å². The molecule has 0 aliphatic rings. The van der Waals surface area contributed by atoms with Gasteiger partial charge in [-0.2, -0.15) is 5.26 Å². The number of hydrogen-bond acceptors (Lipinski definition) is 2. The molecule has 68 valence electrons. The molecule has 0 radical (unpaired) electrons. The molecule has 1 unspecified atom stereocenters. The van der Waals surface area contributed by atoms with Gasteiger partial charge in [0.25, 0.3) is 0 Å². The van der Waals surface area contributed by atoms with Crippen LogP contribution in [0.5, 0.6) is 0 Å². The molecule has 0 saturated heterocycles. The lowest BCUT2D eigenvalue weighted by Gasteiger charge is -1.97. The van der Waals surface area contributed by atoms with Gasteiger partial charge in [0.1, 0.15) is 0 Å². The molecule has 13 heavy (non-hydrogen) atoms. The van der Waals surface area contributed by atoms with Gasteiger partial charge in [0.05, 0.1) is 17.4 Å². The molecule has 4 heteroatoms. The van der Waals surface area contributed by atoms with Crippen molar-refractivity contribution < 1.29 is 8.76 Å². The van der Waals surface area contributed by atoms with E-state index in [0.29, 0.717) is 12.0 Å². The zero-order valence-corrected chi connectivity index (χ0v) is 7.75. The molecule has 0 spiro atoms.